The van der Waals surface area contributed by atoms with Gasteiger partial charge in [0, 0.05) is 13.5 Å². The average Bonchev–Trinajstić information content (AvgIpc) is 2.43. The first-order valence-electron chi connectivity index (χ1n) is 3.80. The number of aliphatic hydroxyl groups is 3. The predicted octanol–water partition coefficient (Wildman–Crippen LogP) is -1.54. The van der Waals surface area contributed by atoms with Crippen LogP contribution in [0.15, 0.2) is 0 Å². The van der Waals surface area contributed by atoms with Crippen molar-refractivity contribution in [2.24, 2.45) is 0 Å². The summed E-state index contributed by atoms with van der Waals surface area (Å²) in [6.45, 7) is -0.594. The minimum Gasteiger partial charge on any atom is -0.394 e. The van der Waals surface area contributed by atoms with Crippen LogP contribution in [0.4, 0.5) is 0 Å². The molecular formula is C7H14O5. The van der Waals surface area contributed by atoms with Gasteiger partial charge >= 0.3 is 0 Å². The van der Waals surface area contributed by atoms with E-state index >= 15 is 0 Å². The summed E-state index contributed by atoms with van der Waals surface area (Å²) < 4.78 is 10.0. The fourth-order valence-corrected chi connectivity index (χ4v) is 1.31. The Kier molecular flexibility index (Phi) is 3.03. The van der Waals surface area contributed by atoms with Gasteiger partial charge in [-0.2, -0.15) is 0 Å². The molecule has 3 N–H and O–H groups in total. The molecule has 0 radical (unpaired) electrons. The molecule has 0 aliphatic carbocycles. The van der Waals surface area contributed by atoms with Gasteiger partial charge in [0.1, 0.15) is 6.10 Å². The highest BCUT2D eigenvalue weighted by molar-refractivity contribution is 4.87. The molecule has 1 rings (SSSR count). The third-order valence-corrected chi connectivity index (χ3v) is 2.11. The third kappa shape index (κ3) is 1.60. The summed E-state index contributed by atoms with van der Waals surface area (Å²) in [5.41, 5.74) is 0. The smallest absolute Gasteiger partial charge is 0.194 e. The van der Waals surface area contributed by atoms with Gasteiger partial charge in [-0.25, -0.2) is 0 Å². The Bertz CT molecular complexity index is 145. The van der Waals surface area contributed by atoms with Crippen LogP contribution < -0.4 is 0 Å². The highest BCUT2D eigenvalue weighted by Crippen LogP contribution is 2.30. The van der Waals surface area contributed by atoms with E-state index in [4.69, 9.17) is 19.7 Å². The van der Waals surface area contributed by atoms with Crippen molar-refractivity contribution in [3.05, 3.63) is 0 Å². The van der Waals surface area contributed by atoms with Crippen LogP contribution in [0.3, 0.4) is 0 Å². The lowest BCUT2D eigenvalue weighted by Crippen LogP contribution is -2.36. The SMILES string of the molecule is CO[C@@]1(CO)CC(O)[C@H](CO)O1. The molecule has 5 heteroatoms. The van der Waals surface area contributed by atoms with Crippen molar-refractivity contribution in [2.45, 2.75) is 24.4 Å². The third-order valence-electron chi connectivity index (χ3n) is 2.11. The number of rotatable bonds is 3. The van der Waals surface area contributed by atoms with E-state index in [0.29, 0.717) is 0 Å². The molecule has 1 heterocycles. The van der Waals surface area contributed by atoms with E-state index in [1.807, 2.05) is 0 Å². The van der Waals surface area contributed by atoms with Gasteiger partial charge in [-0.15, -0.1) is 0 Å². The Morgan fingerprint density at radius 3 is 2.50 bits per heavy atom. The molecule has 1 aliphatic rings. The van der Waals surface area contributed by atoms with E-state index in [9.17, 15) is 5.11 Å². The normalized spacial score (nSPS) is 42.0. The van der Waals surface area contributed by atoms with Crippen molar-refractivity contribution in [1.82, 2.24) is 0 Å². The van der Waals surface area contributed by atoms with Gasteiger partial charge < -0.3 is 24.8 Å². The molecule has 0 saturated carbocycles. The summed E-state index contributed by atoms with van der Waals surface area (Å²) in [5, 5.41) is 27.0. The molecule has 0 aromatic rings. The summed E-state index contributed by atoms with van der Waals surface area (Å²) in [5.74, 6) is -1.13. The zero-order valence-electron chi connectivity index (χ0n) is 6.93. The van der Waals surface area contributed by atoms with Crippen LogP contribution in [0.5, 0.6) is 0 Å². The molecule has 1 aliphatic heterocycles. The zero-order valence-corrected chi connectivity index (χ0v) is 6.93. The second-order valence-electron chi connectivity index (χ2n) is 2.88. The first-order valence-corrected chi connectivity index (χ1v) is 3.80. The van der Waals surface area contributed by atoms with E-state index < -0.39 is 18.0 Å². The van der Waals surface area contributed by atoms with E-state index in [2.05, 4.69) is 0 Å². The average molecular weight is 178 g/mol. The van der Waals surface area contributed by atoms with Crippen molar-refractivity contribution in [3.8, 4) is 0 Å². The molecule has 5 nitrogen and oxygen atoms in total. The Balaban J connectivity index is 2.61. The van der Waals surface area contributed by atoms with Crippen LogP contribution in [-0.2, 0) is 9.47 Å². The number of ether oxygens (including phenoxy) is 2. The second kappa shape index (κ2) is 3.68. The van der Waals surface area contributed by atoms with Crippen LogP contribution in [0.1, 0.15) is 6.42 Å². The highest BCUT2D eigenvalue weighted by Gasteiger charge is 2.45. The first-order chi connectivity index (χ1) is 5.67. The molecule has 0 aromatic carbocycles. The minimum absolute atomic E-state index is 0.186. The minimum atomic E-state index is -1.13. The molecule has 0 spiro atoms. The number of hydrogen-bond donors (Lipinski definition) is 3. The number of aliphatic hydroxyl groups excluding tert-OH is 3. The van der Waals surface area contributed by atoms with Gasteiger partial charge in [-0.05, 0) is 0 Å². The summed E-state index contributed by atoms with van der Waals surface area (Å²) in [6, 6.07) is 0. The highest BCUT2D eigenvalue weighted by atomic mass is 16.7. The largest absolute Gasteiger partial charge is 0.394 e. The van der Waals surface area contributed by atoms with Crippen molar-refractivity contribution in [1.29, 1.82) is 0 Å². The zero-order chi connectivity index (χ0) is 9.19. The van der Waals surface area contributed by atoms with E-state index in [1.54, 1.807) is 0 Å². The van der Waals surface area contributed by atoms with Gasteiger partial charge in [0.25, 0.3) is 0 Å². The van der Waals surface area contributed by atoms with Crippen molar-refractivity contribution in [3.63, 3.8) is 0 Å². The summed E-state index contributed by atoms with van der Waals surface area (Å²) in [4.78, 5) is 0. The fraction of sp³-hybridized carbons (Fsp3) is 1.00. The van der Waals surface area contributed by atoms with Gasteiger partial charge in [0.05, 0.1) is 19.3 Å². The maximum absolute atomic E-state index is 9.31. The molecule has 72 valence electrons. The Morgan fingerprint density at radius 1 is 1.58 bits per heavy atom. The van der Waals surface area contributed by atoms with E-state index in [0.717, 1.165) is 0 Å². The van der Waals surface area contributed by atoms with Crippen molar-refractivity contribution < 1.29 is 24.8 Å². The Labute approximate surface area is 70.5 Å². The molecule has 1 fully saturated rings. The number of hydrogen-bond acceptors (Lipinski definition) is 5. The number of methoxy groups -OCH3 is 1. The van der Waals surface area contributed by atoms with E-state index in [1.165, 1.54) is 7.11 Å². The maximum Gasteiger partial charge on any atom is 0.194 e. The molecule has 3 atom stereocenters. The van der Waals surface area contributed by atoms with E-state index in [-0.39, 0.29) is 19.6 Å². The lowest BCUT2D eigenvalue weighted by molar-refractivity contribution is -0.234. The van der Waals surface area contributed by atoms with Crippen molar-refractivity contribution in [2.75, 3.05) is 20.3 Å². The molecule has 0 amide bonds. The fourth-order valence-electron chi connectivity index (χ4n) is 1.31. The van der Waals surface area contributed by atoms with Gasteiger partial charge in [0.15, 0.2) is 5.79 Å². The Hall–Kier alpha value is -0.200. The molecule has 1 saturated heterocycles. The summed E-state index contributed by atoms with van der Waals surface area (Å²) in [6.07, 6.45) is -1.25. The van der Waals surface area contributed by atoms with Crippen LogP contribution >= 0.6 is 0 Å². The second-order valence-corrected chi connectivity index (χ2v) is 2.88. The topological polar surface area (TPSA) is 79.2 Å². The monoisotopic (exact) mass is 178 g/mol. The molecule has 0 aromatic heterocycles. The van der Waals surface area contributed by atoms with Crippen LogP contribution in [0, 0.1) is 0 Å². The quantitative estimate of drug-likeness (QED) is 0.488. The van der Waals surface area contributed by atoms with Gasteiger partial charge in [0.2, 0.25) is 0 Å². The lowest BCUT2D eigenvalue weighted by atomic mass is 10.1. The Morgan fingerprint density at radius 2 is 2.25 bits per heavy atom. The summed E-state index contributed by atoms with van der Waals surface area (Å²) in [7, 11) is 1.39. The van der Waals surface area contributed by atoms with Crippen LogP contribution in [0.2, 0.25) is 0 Å². The molecule has 12 heavy (non-hydrogen) atoms. The molecule has 0 bridgehead atoms. The molecular weight excluding hydrogens is 164 g/mol. The maximum atomic E-state index is 9.31. The summed E-state index contributed by atoms with van der Waals surface area (Å²) >= 11 is 0. The van der Waals surface area contributed by atoms with Gasteiger partial charge in [-0.1, -0.05) is 0 Å². The van der Waals surface area contributed by atoms with Gasteiger partial charge in [-0.3, -0.25) is 0 Å². The van der Waals surface area contributed by atoms with Crippen molar-refractivity contribution >= 4 is 0 Å². The standard InChI is InChI=1S/C7H14O5/c1-11-7(4-9)2-5(10)6(3-8)12-7/h5-6,8-10H,2-4H2,1H3/t5?,6-,7-/m0/s1. The lowest BCUT2D eigenvalue weighted by Gasteiger charge is -2.24. The molecule has 1 unspecified atom stereocenters. The van der Waals surface area contributed by atoms with Crippen LogP contribution in [0.25, 0.3) is 0 Å². The van der Waals surface area contributed by atoms with Crippen LogP contribution in [-0.4, -0.2) is 53.6 Å². The predicted molar refractivity (Wildman–Crippen MR) is 39.4 cm³/mol. The first kappa shape index (κ1) is 9.88.